The molecule has 0 bridgehead atoms. The zero-order valence-corrected chi connectivity index (χ0v) is 14.6. The van der Waals surface area contributed by atoms with Gasteiger partial charge in [-0.25, -0.2) is 8.42 Å². The highest BCUT2D eigenvalue weighted by atomic mass is 32.2. The molecule has 1 aromatic rings. The van der Waals surface area contributed by atoms with Crippen LogP contribution in [0.3, 0.4) is 0 Å². The van der Waals surface area contributed by atoms with Crippen molar-refractivity contribution in [2.24, 2.45) is 0 Å². The number of nitrogens with one attached hydrogen (secondary N) is 1. The van der Waals surface area contributed by atoms with Gasteiger partial charge in [-0.05, 0) is 30.7 Å². The number of carbonyl (C=O) groups is 1. The molecule has 8 heteroatoms. The highest BCUT2D eigenvalue weighted by Gasteiger charge is 2.18. The monoisotopic (exact) mass is 344 g/mol. The molecular formula is C15H24N2O5S. The second-order valence-electron chi connectivity index (χ2n) is 4.98. The van der Waals surface area contributed by atoms with Crippen molar-refractivity contribution in [3.63, 3.8) is 0 Å². The lowest BCUT2D eigenvalue weighted by Gasteiger charge is -2.22. The van der Waals surface area contributed by atoms with E-state index in [1.807, 2.05) is 0 Å². The molecule has 7 nitrogen and oxygen atoms in total. The Balaban J connectivity index is 2.64. The molecule has 1 N–H and O–H groups in total. The Bertz CT molecular complexity index is 586. The van der Waals surface area contributed by atoms with E-state index >= 15 is 0 Å². The third-order valence-corrected chi connectivity index (χ3v) is 4.34. The summed E-state index contributed by atoms with van der Waals surface area (Å²) >= 11 is 0. The predicted octanol–water partition coefficient (Wildman–Crippen LogP) is 1.00. The number of carbonyl (C=O) groups excluding carboxylic acids is 1. The normalized spacial score (nSPS) is 11.1. The van der Waals surface area contributed by atoms with Crippen LogP contribution in [0.5, 0.6) is 5.75 Å². The molecule has 130 valence electrons. The van der Waals surface area contributed by atoms with Crippen LogP contribution in [0.25, 0.3) is 0 Å². The summed E-state index contributed by atoms with van der Waals surface area (Å²) in [6, 6.07) is 6.66. The molecular weight excluding hydrogens is 320 g/mol. The summed E-state index contributed by atoms with van der Waals surface area (Å²) in [5.41, 5.74) is 0.500. The SMILES string of the molecule is COCCCNC(=O)CCN(c1ccc(OC)cc1)S(C)(=O)=O. The smallest absolute Gasteiger partial charge is 0.232 e. The number of ether oxygens (including phenoxy) is 2. The third-order valence-electron chi connectivity index (χ3n) is 3.15. The van der Waals surface area contributed by atoms with Crippen molar-refractivity contribution in [1.82, 2.24) is 5.32 Å². The Hall–Kier alpha value is -1.80. The molecule has 0 fully saturated rings. The van der Waals surface area contributed by atoms with Gasteiger partial charge < -0.3 is 14.8 Å². The molecule has 0 unspecified atom stereocenters. The van der Waals surface area contributed by atoms with Crippen molar-refractivity contribution in [3.05, 3.63) is 24.3 Å². The zero-order chi connectivity index (χ0) is 17.3. The van der Waals surface area contributed by atoms with E-state index in [0.29, 0.717) is 24.6 Å². The molecule has 0 aromatic heterocycles. The van der Waals surface area contributed by atoms with Gasteiger partial charge in [-0.15, -0.1) is 0 Å². The summed E-state index contributed by atoms with van der Waals surface area (Å²) in [5.74, 6) is 0.446. The summed E-state index contributed by atoms with van der Waals surface area (Å²) in [6.07, 6.45) is 1.93. The first kappa shape index (κ1) is 19.2. The number of hydrogen-bond donors (Lipinski definition) is 1. The van der Waals surface area contributed by atoms with Gasteiger partial charge in [0, 0.05) is 33.2 Å². The molecule has 0 aliphatic rings. The molecule has 0 saturated heterocycles. The molecule has 0 aliphatic carbocycles. The molecule has 1 amide bonds. The number of anilines is 1. The van der Waals surface area contributed by atoms with Crippen molar-refractivity contribution in [2.75, 3.05) is 44.5 Å². The minimum atomic E-state index is -3.47. The number of amides is 1. The van der Waals surface area contributed by atoms with Crippen LogP contribution in [-0.2, 0) is 19.6 Å². The fourth-order valence-electron chi connectivity index (χ4n) is 1.97. The molecule has 0 aliphatic heterocycles. The van der Waals surface area contributed by atoms with Gasteiger partial charge in [-0.1, -0.05) is 0 Å². The fraction of sp³-hybridized carbons (Fsp3) is 0.533. The van der Waals surface area contributed by atoms with E-state index in [0.717, 1.165) is 12.7 Å². The van der Waals surface area contributed by atoms with Crippen molar-refractivity contribution >= 4 is 21.6 Å². The van der Waals surface area contributed by atoms with E-state index in [-0.39, 0.29) is 18.9 Å². The minimum absolute atomic E-state index is 0.0846. The topological polar surface area (TPSA) is 84.9 Å². The van der Waals surface area contributed by atoms with Crippen LogP contribution in [0.15, 0.2) is 24.3 Å². The summed E-state index contributed by atoms with van der Waals surface area (Å²) in [6.45, 7) is 1.16. The van der Waals surface area contributed by atoms with Gasteiger partial charge in [-0.3, -0.25) is 9.10 Å². The van der Waals surface area contributed by atoms with Crippen molar-refractivity contribution in [3.8, 4) is 5.75 Å². The number of hydrogen-bond acceptors (Lipinski definition) is 5. The molecule has 0 radical (unpaired) electrons. The van der Waals surface area contributed by atoms with E-state index in [4.69, 9.17) is 9.47 Å². The van der Waals surface area contributed by atoms with Gasteiger partial charge >= 0.3 is 0 Å². The second-order valence-corrected chi connectivity index (χ2v) is 6.89. The fourth-order valence-corrected chi connectivity index (χ4v) is 2.90. The van der Waals surface area contributed by atoms with E-state index in [9.17, 15) is 13.2 Å². The van der Waals surface area contributed by atoms with Crippen LogP contribution < -0.4 is 14.4 Å². The quantitative estimate of drug-likeness (QED) is 0.640. The van der Waals surface area contributed by atoms with Crippen LogP contribution in [0.2, 0.25) is 0 Å². The highest BCUT2D eigenvalue weighted by Crippen LogP contribution is 2.21. The Morgan fingerprint density at radius 1 is 1.22 bits per heavy atom. The van der Waals surface area contributed by atoms with E-state index in [1.165, 1.54) is 11.4 Å². The maximum Gasteiger partial charge on any atom is 0.232 e. The first-order chi connectivity index (χ1) is 10.9. The lowest BCUT2D eigenvalue weighted by atomic mass is 10.3. The summed E-state index contributed by atoms with van der Waals surface area (Å²) in [4.78, 5) is 11.8. The van der Waals surface area contributed by atoms with Crippen molar-refractivity contribution in [1.29, 1.82) is 0 Å². The number of methoxy groups -OCH3 is 2. The van der Waals surface area contributed by atoms with Crippen LogP contribution in [0, 0.1) is 0 Å². The van der Waals surface area contributed by atoms with Gasteiger partial charge in [-0.2, -0.15) is 0 Å². The Morgan fingerprint density at radius 3 is 2.39 bits per heavy atom. The first-order valence-corrected chi connectivity index (χ1v) is 9.10. The van der Waals surface area contributed by atoms with Crippen molar-refractivity contribution in [2.45, 2.75) is 12.8 Å². The number of sulfonamides is 1. The number of benzene rings is 1. The lowest BCUT2D eigenvalue weighted by Crippen LogP contribution is -2.35. The predicted molar refractivity (Wildman–Crippen MR) is 89.3 cm³/mol. The van der Waals surface area contributed by atoms with Gasteiger partial charge in [0.05, 0.1) is 19.1 Å². The largest absolute Gasteiger partial charge is 0.497 e. The van der Waals surface area contributed by atoms with Gasteiger partial charge in [0.15, 0.2) is 0 Å². The zero-order valence-electron chi connectivity index (χ0n) is 13.7. The molecule has 23 heavy (non-hydrogen) atoms. The van der Waals surface area contributed by atoms with Crippen LogP contribution in [0.1, 0.15) is 12.8 Å². The molecule has 0 saturated carbocycles. The van der Waals surface area contributed by atoms with Crippen LogP contribution in [0.4, 0.5) is 5.69 Å². The second kappa shape index (κ2) is 9.36. The van der Waals surface area contributed by atoms with Gasteiger partial charge in [0.2, 0.25) is 15.9 Å². The highest BCUT2D eigenvalue weighted by molar-refractivity contribution is 7.92. The van der Waals surface area contributed by atoms with Crippen LogP contribution in [-0.4, -0.2) is 54.5 Å². The Kier molecular flexibility index (Phi) is 7.84. The average Bonchev–Trinajstić information content (AvgIpc) is 2.51. The van der Waals surface area contributed by atoms with Gasteiger partial charge in [0.25, 0.3) is 0 Å². The third kappa shape index (κ3) is 6.87. The standard InChI is InChI=1S/C15H24N2O5S/c1-21-12-4-10-16-15(18)9-11-17(23(3,19)20)13-5-7-14(22-2)8-6-13/h5-8H,4,9-12H2,1-3H3,(H,16,18). The number of nitrogens with zero attached hydrogens (tertiary/aromatic N) is 1. The minimum Gasteiger partial charge on any atom is -0.497 e. The van der Waals surface area contributed by atoms with E-state index < -0.39 is 10.0 Å². The summed E-state index contributed by atoms with van der Waals surface area (Å²) in [7, 11) is -0.333. The number of rotatable bonds is 10. The first-order valence-electron chi connectivity index (χ1n) is 7.26. The molecule has 1 aromatic carbocycles. The van der Waals surface area contributed by atoms with Crippen LogP contribution >= 0.6 is 0 Å². The molecule has 1 rings (SSSR count). The maximum atomic E-state index is 11.9. The summed E-state index contributed by atoms with van der Waals surface area (Å²) in [5, 5.41) is 2.73. The molecule has 0 spiro atoms. The maximum absolute atomic E-state index is 11.9. The average molecular weight is 344 g/mol. The van der Waals surface area contributed by atoms with Crippen molar-refractivity contribution < 1.29 is 22.7 Å². The van der Waals surface area contributed by atoms with E-state index in [1.54, 1.807) is 31.4 Å². The molecule has 0 atom stereocenters. The van der Waals surface area contributed by atoms with Gasteiger partial charge in [0.1, 0.15) is 5.75 Å². The lowest BCUT2D eigenvalue weighted by molar-refractivity contribution is -0.120. The Morgan fingerprint density at radius 2 is 1.87 bits per heavy atom. The summed E-state index contributed by atoms with van der Waals surface area (Å²) < 4.78 is 35.0. The Labute approximate surface area is 137 Å². The molecule has 0 heterocycles. The van der Waals surface area contributed by atoms with E-state index in [2.05, 4.69) is 5.32 Å².